The highest BCUT2D eigenvalue weighted by Crippen LogP contribution is 2.37. The molecule has 0 aliphatic carbocycles. The van der Waals surface area contributed by atoms with Crippen LogP contribution >= 0.6 is 0 Å². The Morgan fingerprint density at radius 2 is 1.96 bits per heavy atom. The second-order valence-electron chi connectivity index (χ2n) is 7.90. The Kier molecular flexibility index (Phi) is 4.89. The van der Waals surface area contributed by atoms with Crippen molar-refractivity contribution in [2.45, 2.75) is 50.7 Å². The van der Waals surface area contributed by atoms with Crippen LogP contribution in [0.3, 0.4) is 0 Å². The molecule has 28 heavy (non-hydrogen) atoms. The quantitative estimate of drug-likeness (QED) is 0.734. The van der Waals surface area contributed by atoms with Crippen LogP contribution in [-0.2, 0) is 16.8 Å². The molecule has 2 aliphatic heterocycles. The number of nitrogens with zero attached hydrogens (tertiary/aromatic N) is 3. The van der Waals surface area contributed by atoms with Gasteiger partial charge in [-0.3, -0.25) is 19.9 Å². The number of hydrogen-bond acceptors (Lipinski definition) is 5. The summed E-state index contributed by atoms with van der Waals surface area (Å²) in [4.78, 5) is 39.0. The van der Waals surface area contributed by atoms with Crippen LogP contribution < -0.4 is 10.6 Å². The van der Waals surface area contributed by atoms with E-state index < -0.39 is 0 Å². The number of hydrogen-bond donors (Lipinski definition) is 3. The van der Waals surface area contributed by atoms with Crippen LogP contribution in [0.5, 0.6) is 0 Å². The van der Waals surface area contributed by atoms with E-state index in [4.69, 9.17) is 0 Å². The standard InChI is InChI=1S/C20H26N6O2/c1-13(2)24-18(27)16-11-15-17(23-12-22-15)20(25-16)5-9-26(10-6-20)19(28)14-3-7-21-8-4-14/h3-4,7-8,12-13,16,25H,5-6,9-11H2,1-2H3,(H,22,23)(H,24,27)/t16-/m0/s1. The van der Waals surface area contributed by atoms with E-state index in [9.17, 15) is 9.59 Å². The molecule has 3 N–H and O–H groups in total. The minimum atomic E-state index is -0.387. The normalized spacial score (nSPS) is 20.8. The van der Waals surface area contributed by atoms with E-state index in [1.165, 1.54) is 0 Å². The molecule has 8 heteroatoms. The molecule has 4 heterocycles. The van der Waals surface area contributed by atoms with E-state index in [0.717, 1.165) is 11.4 Å². The van der Waals surface area contributed by atoms with Gasteiger partial charge in [0.2, 0.25) is 5.91 Å². The molecule has 0 bridgehead atoms. The van der Waals surface area contributed by atoms with Crippen molar-refractivity contribution in [3.05, 3.63) is 47.8 Å². The number of likely N-dealkylation sites (tertiary alicyclic amines) is 1. The molecule has 2 amide bonds. The fraction of sp³-hybridized carbons (Fsp3) is 0.500. The van der Waals surface area contributed by atoms with Crippen molar-refractivity contribution in [2.24, 2.45) is 0 Å². The second-order valence-corrected chi connectivity index (χ2v) is 7.90. The minimum Gasteiger partial charge on any atom is -0.353 e. The molecule has 1 fully saturated rings. The summed E-state index contributed by atoms with van der Waals surface area (Å²) in [5.74, 6) is 0.0225. The SMILES string of the molecule is CC(C)NC(=O)[C@@H]1Cc2[nH]cnc2C2(CCN(C(=O)c3ccncc3)CC2)N1. The highest BCUT2D eigenvalue weighted by atomic mass is 16.2. The Morgan fingerprint density at radius 1 is 1.25 bits per heavy atom. The third kappa shape index (κ3) is 3.40. The third-order valence-corrected chi connectivity index (χ3v) is 5.61. The number of aromatic nitrogens is 3. The van der Waals surface area contributed by atoms with E-state index >= 15 is 0 Å². The maximum atomic E-state index is 12.8. The Balaban J connectivity index is 1.52. The van der Waals surface area contributed by atoms with E-state index in [2.05, 4.69) is 25.6 Å². The van der Waals surface area contributed by atoms with Crippen LogP contribution in [0.25, 0.3) is 0 Å². The minimum absolute atomic E-state index is 0.00455. The molecule has 148 valence electrons. The second kappa shape index (κ2) is 7.35. The Bertz CT molecular complexity index is 855. The van der Waals surface area contributed by atoms with Crippen molar-refractivity contribution in [1.82, 2.24) is 30.5 Å². The Labute approximate surface area is 164 Å². The van der Waals surface area contributed by atoms with Gasteiger partial charge in [-0.25, -0.2) is 4.98 Å². The zero-order valence-corrected chi connectivity index (χ0v) is 16.2. The monoisotopic (exact) mass is 382 g/mol. The first-order valence-corrected chi connectivity index (χ1v) is 9.78. The maximum absolute atomic E-state index is 12.8. The predicted molar refractivity (Wildman–Crippen MR) is 104 cm³/mol. The summed E-state index contributed by atoms with van der Waals surface area (Å²) in [6, 6.07) is 3.26. The third-order valence-electron chi connectivity index (χ3n) is 5.61. The molecule has 2 aromatic heterocycles. The zero-order valence-electron chi connectivity index (χ0n) is 16.2. The lowest BCUT2D eigenvalue weighted by molar-refractivity contribution is -0.124. The first-order chi connectivity index (χ1) is 13.5. The lowest BCUT2D eigenvalue weighted by Gasteiger charge is -2.46. The van der Waals surface area contributed by atoms with Crippen molar-refractivity contribution < 1.29 is 9.59 Å². The molecule has 2 aliphatic rings. The van der Waals surface area contributed by atoms with Gasteiger partial charge in [0.15, 0.2) is 0 Å². The van der Waals surface area contributed by atoms with Gasteiger partial charge in [0.25, 0.3) is 5.91 Å². The molecule has 4 rings (SSSR count). The number of carbonyl (C=O) groups is 2. The molecule has 8 nitrogen and oxygen atoms in total. The first kappa shape index (κ1) is 18.6. The number of aromatic amines is 1. The summed E-state index contributed by atoms with van der Waals surface area (Å²) in [7, 11) is 0. The summed E-state index contributed by atoms with van der Waals surface area (Å²) < 4.78 is 0. The molecule has 0 radical (unpaired) electrons. The van der Waals surface area contributed by atoms with Gasteiger partial charge < -0.3 is 15.2 Å². The number of fused-ring (bicyclic) bond motifs is 2. The number of amides is 2. The van der Waals surface area contributed by atoms with Crippen LogP contribution in [0, 0.1) is 0 Å². The molecule has 2 aromatic rings. The molecule has 0 saturated carbocycles. The number of piperidine rings is 1. The number of imidazole rings is 1. The fourth-order valence-corrected chi connectivity index (χ4v) is 4.24. The van der Waals surface area contributed by atoms with Crippen molar-refractivity contribution in [3.8, 4) is 0 Å². The van der Waals surface area contributed by atoms with Crippen LogP contribution in [0.15, 0.2) is 30.9 Å². The lowest BCUT2D eigenvalue weighted by Crippen LogP contribution is -2.62. The number of nitrogens with one attached hydrogen (secondary N) is 3. The number of carbonyl (C=O) groups excluding carboxylic acids is 2. The smallest absolute Gasteiger partial charge is 0.253 e. The van der Waals surface area contributed by atoms with Gasteiger partial charge in [0.1, 0.15) is 0 Å². The highest BCUT2D eigenvalue weighted by Gasteiger charge is 2.46. The van der Waals surface area contributed by atoms with E-state index in [-0.39, 0.29) is 29.4 Å². The maximum Gasteiger partial charge on any atom is 0.253 e. The number of rotatable bonds is 3. The molecule has 1 atom stereocenters. The van der Waals surface area contributed by atoms with Gasteiger partial charge in [0, 0.05) is 49.2 Å². The van der Waals surface area contributed by atoms with E-state index in [1.807, 2.05) is 18.7 Å². The largest absolute Gasteiger partial charge is 0.353 e. The molecule has 0 unspecified atom stereocenters. The van der Waals surface area contributed by atoms with Crippen LogP contribution in [-0.4, -0.2) is 56.8 Å². The summed E-state index contributed by atoms with van der Waals surface area (Å²) in [6.45, 7) is 5.14. The number of H-pyrrole nitrogens is 1. The van der Waals surface area contributed by atoms with Gasteiger partial charge in [-0.15, -0.1) is 0 Å². The van der Waals surface area contributed by atoms with Gasteiger partial charge in [-0.05, 0) is 38.8 Å². The van der Waals surface area contributed by atoms with Gasteiger partial charge in [-0.1, -0.05) is 0 Å². The van der Waals surface area contributed by atoms with Crippen molar-refractivity contribution in [2.75, 3.05) is 13.1 Å². The highest BCUT2D eigenvalue weighted by molar-refractivity contribution is 5.94. The Hall–Kier alpha value is -2.74. The van der Waals surface area contributed by atoms with Crippen LogP contribution in [0.4, 0.5) is 0 Å². The van der Waals surface area contributed by atoms with Crippen molar-refractivity contribution >= 4 is 11.8 Å². The summed E-state index contributed by atoms with van der Waals surface area (Å²) in [5.41, 5.74) is 2.26. The molecular weight excluding hydrogens is 356 g/mol. The Morgan fingerprint density at radius 3 is 2.64 bits per heavy atom. The van der Waals surface area contributed by atoms with Gasteiger partial charge >= 0.3 is 0 Å². The fourth-order valence-electron chi connectivity index (χ4n) is 4.24. The zero-order chi connectivity index (χ0) is 19.7. The topological polar surface area (TPSA) is 103 Å². The lowest BCUT2D eigenvalue weighted by atomic mass is 9.78. The van der Waals surface area contributed by atoms with Crippen LogP contribution in [0.1, 0.15) is 48.4 Å². The van der Waals surface area contributed by atoms with Gasteiger partial charge in [-0.2, -0.15) is 0 Å². The summed E-state index contributed by atoms with van der Waals surface area (Å²) >= 11 is 0. The molecular formula is C20H26N6O2. The van der Waals surface area contributed by atoms with E-state index in [0.29, 0.717) is 37.9 Å². The van der Waals surface area contributed by atoms with Crippen molar-refractivity contribution in [3.63, 3.8) is 0 Å². The average Bonchev–Trinajstić information content (AvgIpc) is 3.18. The molecule has 1 spiro atoms. The van der Waals surface area contributed by atoms with E-state index in [1.54, 1.807) is 30.9 Å². The number of pyridine rings is 1. The summed E-state index contributed by atoms with van der Waals surface area (Å²) in [5, 5.41) is 6.57. The predicted octanol–water partition coefficient (Wildman–Crippen LogP) is 0.975. The van der Waals surface area contributed by atoms with Crippen LogP contribution in [0.2, 0.25) is 0 Å². The molecule has 1 saturated heterocycles. The van der Waals surface area contributed by atoms with Crippen molar-refractivity contribution in [1.29, 1.82) is 0 Å². The average molecular weight is 382 g/mol. The van der Waals surface area contributed by atoms with Gasteiger partial charge in [0.05, 0.1) is 23.6 Å². The molecule has 0 aromatic carbocycles. The summed E-state index contributed by atoms with van der Waals surface area (Å²) in [6.07, 6.45) is 6.99. The first-order valence-electron chi connectivity index (χ1n) is 9.78.